The number of piperidine rings is 1. The first-order chi connectivity index (χ1) is 22.5. The molecule has 1 unspecified atom stereocenters. The average molecular weight is 703 g/mol. The number of sulfonamides is 1. The van der Waals surface area contributed by atoms with Gasteiger partial charge in [0.05, 0.1) is 10.9 Å². The Morgan fingerprint density at radius 3 is 2.16 bits per heavy atom. The van der Waals surface area contributed by atoms with E-state index < -0.39 is 74.6 Å². The number of ketones is 1. The number of carbonyl (C=O) groups excluding carboxylic acids is 5. The molecule has 14 heteroatoms. The fourth-order valence-corrected chi connectivity index (χ4v) is 8.91. The zero-order valence-corrected chi connectivity index (χ0v) is 31.1. The standard InChI is InChI=1S/C35H54N6O7S/c1-10-11-15-22(27(42)29(36)43)37-30(44)26-25-21(35(25,8)9)18-41(26)31(45)28(34(5,6)7)39-32(46)38-24(33(2,3)4)19-40-17-20-14-12-13-16-23(20)49(40,47)48/h12-14,16,21-22,24-26,28H,10-11,15,17-19H2,1-9H3,(H2,36,43)(H,37,44)(H2,38,39,46)/t21-,22?,24+,25-,26-,28+/m0/s1. The Morgan fingerprint density at radius 2 is 1.61 bits per heavy atom. The van der Waals surface area contributed by atoms with Crippen LogP contribution in [0.3, 0.4) is 0 Å². The highest BCUT2D eigenvalue weighted by molar-refractivity contribution is 7.89. The van der Waals surface area contributed by atoms with E-state index in [1.807, 2.05) is 62.3 Å². The molecule has 1 saturated carbocycles. The minimum atomic E-state index is -3.74. The van der Waals surface area contributed by atoms with Crippen molar-refractivity contribution < 1.29 is 32.4 Å². The highest BCUT2D eigenvalue weighted by Crippen LogP contribution is 2.65. The number of nitrogens with two attached hydrogens (primary N) is 1. The lowest BCUT2D eigenvalue weighted by Crippen LogP contribution is -2.62. The number of primary amides is 1. The van der Waals surface area contributed by atoms with E-state index in [4.69, 9.17) is 5.73 Å². The van der Waals surface area contributed by atoms with Crippen LogP contribution in [0.15, 0.2) is 29.2 Å². The average Bonchev–Trinajstić information content (AvgIpc) is 3.26. The summed E-state index contributed by atoms with van der Waals surface area (Å²) in [6.07, 6.45) is 1.57. The van der Waals surface area contributed by atoms with Crippen molar-refractivity contribution >= 4 is 39.6 Å². The maximum Gasteiger partial charge on any atom is 0.315 e. The van der Waals surface area contributed by atoms with Gasteiger partial charge in [0.25, 0.3) is 5.91 Å². The molecule has 5 N–H and O–H groups in total. The summed E-state index contributed by atoms with van der Waals surface area (Å²) in [5, 5.41) is 8.52. The molecule has 4 rings (SSSR count). The molecule has 272 valence electrons. The first-order valence-electron chi connectivity index (χ1n) is 17.1. The molecule has 49 heavy (non-hydrogen) atoms. The number of likely N-dealkylation sites (tertiary alicyclic amines) is 1. The molecule has 1 aliphatic carbocycles. The summed E-state index contributed by atoms with van der Waals surface area (Å²) in [4.78, 5) is 68.0. The molecule has 2 fully saturated rings. The maximum absolute atomic E-state index is 14.4. The number of unbranched alkanes of at least 4 members (excludes halogenated alkanes) is 1. The van der Waals surface area contributed by atoms with Gasteiger partial charge in [-0.1, -0.05) is 93.4 Å². The van der Waals surface area contributed by atoms with Crippen LogP contribution in [0.25, 0.3) is 0 Å². The number of hydrogen-bond acceptors (Lipinski definition) is 7. The van der Waals surface area contributed by atoms with Crippen molar-refractivity contribution in [3.8, 4) is 0 Å². The molecule has 0 spiro atoms. The molecule has 1 saturated heterocycles. The summed E-state index contributed by atoms with van der Waals surface area (Å²) in [6, 6.07) is 2.52. The van der Waals surface area contributed by atoms with E-state index in [2.05, 4.69) is 16.0 Å². The van der Waals surface area contributed by atoms with Gasteiger partial charge in [-0.05, 0) is 46.1 Å². The number of Topliss-reactive ketones (excluding diaryl/α,β-unsaturated/α-hetero) is 1. The highest BCUT2D eigenvalue weighted by atomic mass is 32.2. The number of hydrogen-bond donors (Lipinski definition) is 4. The Labute approximate surface area is 290 Å². The smallest absolute Gasteiger partial charge is 0.315 e. The van der Waals surface area contributed by atoms with Crippen molar-refractivity contribution in [1.82, 2.24) is 25.2 Å². The van der Waals surface area contributed by atoms with E-state index in [0.29, 0.717) is 18.5 Å². The maximum atomic E-state index is 14.4. The zero-order valence-electron chi connectivity index (χ0n) is 30.3. The number of nitrogens with zero attached hydrogens (tertiary/aromatic N) is 2. The van der Waals surface area contributed by atoms with Gasteiger partial charge < -0.3 is 26.6 Å². The number of amides is 5. The summed E-state index contributed by atoms with van der Waals surface area (Å²) in [5.74, 6) is -3.11. The molecule has 0 radical (unpaired) electrons. The Bertz CT molecular complexity index is 1600. The molecular formula is C35H54N6O7S. The molecule has 0 bridgehead atoms. The molecule has 3 aliphatic rings. The second-order valence-electron chi connectivity index (χ2n) is 16.6. The van der Waals surface area contributed by atoms with Crippen LogP contribution in [0.2, 0.25) is 0 Å². The number of benzene rings is 1. The van der Waals surface area contributed by atoms with Gasteiger partial charge in [0.2, 0.25) is 27.6 Å². The van der Waals surface area contributed by atoms with E-state index in [-0.39, 0.29) is 41.7 Å². The Morgan fingerprint density at radius 1 is 0.980 bits per heavy atom. The molecule has 1 aromatic carbocycles. The van der Waals surface area contributed by atoms with Crippen molar-refractivity contribution in [3.05, 3.63) is 29.8 Å². The Hall–Kier alpha value is -3.52. The topological polar surface area (TPSA) is 188 Å². The lowest BCUT2D eigenvalue weighted by molar-refractivity contribution is -0.145. The van der Waals surface area contributed by atoms with E-state index in [0.717, 1.165) is 6.42 Å². The zero-order chi connectivity index (χ0) is 36.9. The molecule has 0 aromatic heterocycles. The van der Waals surface area contributed by atoms with Crippen molar-refractivity contribution in [2.75, 3.05) is 13.1 Å². The van der Waals surface area contributed by atoms with Crippen LogP contribution in [0.5, 0.6) is 0 Å². The number of carbonyl (C=O) groups is 5. The summed E-state index contributed by atoms with van der Waals surface area (Å²) in [6.45, 7) is 17.7. The quantitative estimate of drug-likeness (QED) is 0.241. The third kappa shape index (κ3) is 7.79. The summed E-state index contributed by atoms with van der Waals surface area (Å²) in [7, 11) is -3.74. The van der Waals surface area contributed by atoms with Crippen molar-refractivity contribution in [2.24, 2.45) is 33.8 Å². The van der Waals surface area contributed by atoms with Crippen molar-refractivity contribution in [1.29, 1.82) is 0 Å². The molecule has 2 heterocycles. The van der Waals surface area contributed by atoms with Gasteiger partial charge >= 0.3 is 6.03 Å². The van der Waals surface area contributed by atoms with Crippen LogP contribution in [0, 0.1) is 28.1 Å². The van der Waals surface area contributed by atoms with Crippen molar-refractivity contribution in [3.63, 3.8) is 0 Å². The van der Waals surface area contributed by atoms with Gasteiger partial charge in [-0.15, -0.1) is 0 Å². The van der Waals surface area contributed by atoms with Gasteiger partial charge in [-0.2, -0.15) is 4.31 Å². The van der Waals surface area contributed by atoms with Gasteiger partial charge in [0, 0.05) is 25.7 Å². The van der Waals surface area contributed by atoms with Crippen LogP contribution in [-0.4, -0.2) is 84.4 Å². The van der Waals surface area contributed by atoms with E-state index in [1.54, 1.807) is 24.3 Å². The second-order valence-corrected chi connectivity index (χ2v) is 18.5. The fourth-order valence-electron chi connectivity index (χ4n) is 7.27. The fraction of sp³-hybridized carbons (Fsp3) is 0.686. The largest absolute Gasteiger partial charge is 0.363 e. The molecule has 13 nitrogen and oxygen atoms in total. The van der Waals surface area contributed by atoms with Crippen LogP contribution in [0.4, 0.5) is 4.79 Å². The van der Waals surface area contributed by atoms with Crippen molar-refractivity contribution in [2.45, 2.75) is 117 Å². The Kier molecular flexibility index (Phi) is 10.7. The second kappa shape index (κ2) is 13.7. The van der Waals surface area contributed by atoms with E-state index >= 15 is 0 Å². The minimum Gasteiger partial charge on any atom is -0.363 e. The third-order valence-corrected chi connectivity index (χ3v) is 12.5. The molecule has 1 aromatic rings. The van der Waals surface area contributed by atoms with Crippen LogP contribution < -0.4 is 21.7 Å². The van der Waals surface area contributed by atoms with Crippen LogP contribution in [-0.2, 0) is 35.7 Å². The van der Waals surface area contributed by atoms with Gasteiger partial charge in [-0.25, -0.2) is 13.2 Å². The number of fused-ring (bicyclic) bond motifs is 2. The first kappa shape index (κ1) is 38.3. The molecular weight excluding hydrogens is 648 g/mol. The molecule has 2 aliphatic heterocycles. The van der Waals surface area contributed by atoms with Crippen LogP contribution >= 0.6 is 0 Å². The third-order valence-electron chi connectivity index (χ3n) is 10.5. The van der Waals surface area contributed by atoms with Crippen LogP contribution in [0.1, 0.15) is 87.1 Å². The molecule has 6 atom stereocenters. The lowest BCUT2D eigenvalue weighted by atomic mass is 9.85. The summed E-state index contributed by atoms with van der Waals surface area (Å²) in [5.41, 5.74) is 4.43. The Balaban J connectivity index is 1.53. The predicted octanol–water partition coefficient (Wildman–Crippen LogP) is 2.53. The predicted molar refractivity (Wildman–Crippen MR) is 184 cm³/mol. The normalized spacial score (nSPS) is 24.2. The minimum absolute atomic E-state index is 0.0259. The number of urea groups is 1. The van der Waals surface area contributed by atoms with Gasteiger partial charge in [-0.3, -0.25) is 19.2 Å². The SMILES string of the molecule is CCCCC(NC(=O)[C@@H]1[C@@H]2[C@H](CN1C(=O)[C@@H](NC(=O)N[C@H](CN1Cc3ccccc3S1(=O)=O)C(C)(C)C)C(C)(C)C)C2(C)C)C(=O)C(N)=O. The summed E-state index contributed by atoms with van der Waals surface area (Å²) < 4.78 is 28.0. The van der Waals surface area contributed by atoms with E-state index in [9.17, 15) is 32.4 Å². The monoisotopic (exact) mass is 702 g/mol. The first-order valence-corrected chi connectivity index (χ1v) is 18.6. The highest BCUT2D eigenvalue weighted by Gasteiger charge is 2.70. The molecule has 5 amide bonds. The van der Waals surface area contributed by atoms with Gasteiger partial charge in [0.15, 0.2) is 0 Å². The number of nitrogens with one attached hydrogen (secondary N) is 3. The summed E-state index contributed by atoms with van der Waals surface area (Å²) >= 11 is 0. The number of rotatable bonds is 12. The van der Waals surface area contributed by atoms with E-state index in [1.165, 1.54) is 9.21 Å². The lowest BCUT2D eigenvalue weighted by Gasteiger charge is -2.39. The van der Waals surface area contributed by atoms with Gasteiger partial charge in [0.1, 0.15) is 12.1 Å².